The van der Waals surface area contributed by atoms with E-state index < -0.39 is 0 Å². The molecule has 1 fully saturated rings. The standard InChI is InChI=1S/C16H20N4O2/c1-21-12-5-6-14(22-2)13(11-12)18-16-17-8-7-15(19-16)20-9-3-4-10-20/h5-8,11H,3-4,9-10H2,1-2H3,(H,17,18,19). The highest BCUT2D eigenvalue weighted by molar-refractivity contribution is 5.65. The Kier molecular flexibility index (Phi) is 4.27. The first-order valence-electron chi connectivity index (χ1n) is 7.37. The molecule has 2 aromatic rings. The van der Waals surface area contributed by atoms with Crippen molar-refractivity contribution >= 4 is 17.5 Å². The summed E-state index contributed by atoms with van der Waals surface area (Å²) in [5.74, 6) is 2.97. The molecule has 0 aliphatic carbocycles. The molecule has 0 radical (unpaired) electrons. The molecule has 1 N–H and O–H groups in total. The van der Waals surface area contributed by atoms with Gasteiger partial charge in [0.1, 0.15) is 17.3 Å². The van der Waals surface area contributed by atoms with Gasteiger partial charge in [-0.15, -0.1) is 0 Å². The minimum absolute atomic E-state index is 0.552. The number of nitrogens with one attached hydrogen (secondary N) is 1. The van der Waals surface area contributed by atoms with Gasteiger partial charge in [-0.2, -0.15) is 4.98 Å². The summed E-state index contributed by atoms with van der Waals surface area (Å²) in [6.45, 7) is 2.11. The van der Waals surface area contributed by atoms with Crippen molar-refractivity contribution < 1.29 is 9.47 Å². The van der Waals surface area contributed by atoms with Crippen LogP contribution < -0.4 is 19.7 Å². The van der Waals surface area contributed by atoms with Crippen molar-refractivity contribution in [3.8, 4) is 11.5 Å². The summed E-state index contributed by atoms with van der Waals surface area (Å²) in [5, 5.41) is 3.21. The molecule has 6 nitrogen and oxygen atoms in total. The molecule has 1 aliphatic rings. The molecule has 1 aliphatic heterocycles. The third kappa shape index (κ3) is 3.05. The average Bonchev–Trinajstić information content (AvgIpc) is 3.09. The van der Waals surface area contributed by atoms with Gasteiger partial charge in [-0.1, -0.05) is 0 Å². The summed E-state index contributed by atoms with van der Waals surface area (Å²) in [7, 11) is 3.27. The van der Waals surface area contributed by atoms with Crippen LogP contribution in [0.1, 0.15) is 12.8 Å². The van der Waals surface area contributed by atoms with Crippen molar-refractivity contribution in [1.29, 1.82) is 0 Å². The third-order valence-corrected chi connectivity index (χ3v) is 3.72. The summed E-state index contributed by atoms with van der Waals surface area (Å²) < 4.78 is 10.6. The van der Waals surface area contributed by atoms with E-state index in [1.807, 2.05) is 24.3 Å². The first-order chi connectivity index (χ1) is 10.8. The van der Waals surface area contributed by atoms with Crippen molar-refractivity contribution in [1.82, 2.24) is 9.97 Å². The van der Waals surface area contributed by atoms with E-state index in [1.54, 1.807) is 20.4 Å². The first-order valence-corrected chi connectivity index (χ1v) is 7.37. The highest BCUT2D eigenvalue weighted by Crippen LogP contribution is 2.31. The Bertz CT molecular complexity index is 642. The minimum Gasteiger partial charge on any atom is -0.497 e. The molecule has 1 aromatic carbocycles. The van der Waals surface area contributed by atoms with Crippen LogP contribution >= 0.6 is 0 Å². The molecule has 1 saturated heterocycles. The lowest BCUT2D eigenvalue weighted by atomic mass is 10.2. The van der Waals surface area contributed by atoms with Crippen molar-refractivity contribution in [3.05, 3.63) is 30.5 Å². The fourth-order valence-electron chi connectivity index (χ4n) is 2.56. The first kappa shape index (κ1) is 14.4. The Morgan fingerprint density at radius 1 is 1.09 bits per heavy atom. The zero-order chi connectivity index (χ0) is 15.4. The predicted octanol–water partition coefficient (Wildman–Crippen LogP) is 2.84. The van der Waals surface area contributed by atoms with E-state index in [4.69, 9.17) is 9.47 Å². The van der Waals surface area contributed by atoms with Gasteiger partial charge in [0.2, 0.25) is 5.95 Å². The smallest absolute Gasteiger partial charge is 0.229 e. The SMILES string of the molecule is COc1ccc(OC)c(Nc2nccc(N3CCCC3)n2)c1. The largest absolute Gasteiger partial charge is 0.497 e. The van der Waals surface area contributed by atoms with Crippen LogP contribution in [0, 0.1) is 0 Å². The van der Waals surface area contributed by atoms with Crippen molar-refractivity contribution in [2.24, 2.45) is 0 Å². The quantitative estimate of drug-likeness (QED) is 0.916. The molecule has 116 valence electrons. The summed E-state index contributed by atoms with van der Waals surface area (Å²) in [6.07, 6.45) is 4.21. The molecule has 3 rings (SSSR count). The van der Waals surface area contributed by atoms with Crippen LogP contribution in [0.25, 0.3) is 0 Å². The van der Waals surface area contributed by atoms with Gasteiger partial charge in [0, 0.05) is 25.4 Å². The Morgan fingerprint density at radius 2 is 1.91 bits per heavy atom. The van der Waals surface area contributed by atoms with Crippen molar-refractivity contribution in [2.45, 2.75) is 12.8 Å². The van der Waals surface area contributed by atoms with Crippen LogP contribution in [-0.2, 0) is 0 Å². The number of methoxy groups -OCH3 is 2. The van der Waals surface area contributed by atoms with Crippen LogP contribution in [-0.4, -0.2) is 37.3 Å². The van der Waals surface area contributed by atoms with Crippen molar-refractivity contribution in [3.63, 3.8) is 0 Å². The molecule has 2 heterocycles. The van der Waals surface area contributed by atoms with E-state index in [1.165, 1.54) is 12.8 Å². The van der Waals surface area contributed by atoms with Gasteiger partial charge in [0.25, 0.3) is 0 Å². The van der Waals surface area contributed by atoms with Gasteiger partial charge in [-0.05, 0) is 31.0 Å². The summed E-state index contributed by atoms with van der Waals surface area (Å²) in [6, 6.07) is 7.51. The zero-order valence-corrected chi connectivity index (χ0v) is 12.9. The number of aromatic nitrogens is 2. The number of anilines is 3. The van der Waals surface area contributed by atoms with Crippen molar-refractivity contribution in [2.75, 3.05) is 37.5 Å². The molecular formula is C16H20N4O2. The Hall–Kier alpha value is -2.50. The minimum atomic E-state index is 0.552. The van der Waals surface area contributed by atoms with Crippen LogP contribution in [0.3, 0.4) is 0 Å². The highest BCUT2D eigenvalue weighted by atomic mass is 16.5. The van der Waals surface area contributed by atoms with Gasteiger partial charge in [-0.3, -0.25) is 0 Å². The lowest BCUT2D eigenvalue weighted by Gasteiger charge is -2.17. The van der Waals surface area contributed by atoms with E-state index in [0.717, 1.165) is 36.1 Å². The lowest BCUT2D eigenvalue weighted by Crippen LogP contribution is -2.19. The van der Waals surface area contributed by atoms with E-state index in [0.29, 0.717) is 5.95 Å². The molecule has 0 amide bonds. The Morgan fingerprint density at radius 3 is 2.64 bits per heavy atom. The maximum absolute atomic E-state index is 5.36. The number of benzene rings is 1. The number of rotatable bonds is 5. The molecule has 1 aromatic heterocycles. The topological polar surface area (TPSA) is 59.5 Å². The molecule has 0 bridgehead atoms. The Labute approximate surface area is 130 Å². The average molecular weight is 300 g/mol. The van der Waals surface area contributed by atoms with E-state index >= 15 is 0 Å². The maximum Gasteiger partial charge on any atom is 0.229 e. The van der Waals surface area contributed by atoms with Gasteiger partial charge in [-0.25, -0.2) is 4.98 Å². The second-order valence-corrected chi connectivity index (χ2v) is 5.12. The van der Waals surface area contributed by atoms with Crippen LogP contribution in [0.5, 0.6) is 11.5 Å². The molecule has 0 atom stereocenters. The summed E-state index contributed by atoms with van der Waals surface area (Å²) >= 11 is 0. The van der Waals surface area contributed by atoms with Gasteiger partial charge in [0.15, 0.2) is 0 Å². The molecule has 0 unspecified atom stereocenters. The number of hydrogen-bond acceptors (Lipinski definition) is 6. The number of nitrogens with zero attached hydrogens (tertiary/aromatic N) is 3. The number of hydrogen-bond donors (Lipinski definition) is 1. The summed E-state index contributed by atoms with van der Waals surface area (Å²) in [5.41, 5.74) is 0.778. The zero-order valence-electron chi connectivity index (χ0n) is 12.9. The molecular weight excluding hydrogens is 280 g/mol. The fourth-order valence-corrected chi connectivity index (χ4v) is 2.56. The summed E-state index contributed by atoms with van der Waals surface area (Å²) in [4.78, 5) is 11.2. The van der Waals surface area contributed by atoms with E-state index in [9.17, 15) is 0 Å². The normalized spacial score (nSPS) is 14.0. The second kappa shape index (κ2) is 6.51. The van der Waals surface area contributed by atoms with Gasteiger partial charge < -0.3 is 19.7 Å². The molecule has 6 heteroatoms. The molecule has 22 heavy (non-hydrogen) atoms. The number of ether oxygens (including phenoxy) is 2. The van der Waals surface area contributed by atoms with Crippen LogP contribution in [0.2, 0.25) is 0 Å². The lowest BCUT2D eigenvalue weighted by molar-refractivity contribution is 0.405. The van der Waals surface area contributed by atoms with E-state index in [2.05, 4.69) is 20.2 Å². The fraction of sp³-hybridized carbons (Fsp3) is 0.375. The maximum atomic E-state index is 5.36. The monoisotopic (exact) mass is 300 g/mol. The highest BCUT2D eigenvalue weighted by Gasteiger charge is 2.14. The Balaban J connectivity index is 1.84. The second-order valence-electron chi connectivity index (χ2n) is 5.12. The predicted molar refractivity (Wildman–Crippen MR) is 86.3 cm³/mol. The van der Waals surface area contributed by atoms with Crippen LogP contribution in [0.15, 0.2) is 30.5 Å². The van der Waals surface area contributed by atoms with Crippen LogP contribution in [0.4, 0.5) is 17.5 Å². The van der Waals surface area contributed by atoms with Gasteiger partial charge >= 0.3 is 0 Å². The molecule has 0 saturated carbocycles. The molecule has 0 spiro atoms. The van der Waals surface area contributed by atoms with Gasteiger partial charge in [0.05, 0.1) is 19.9 Å². The van der Waals surface area contributed by atoms with E-state index in [-0.39, 0.29) is 0 Å². The third-order valence-electron chi connectivity index (χ3n) is 3.72.